The molecule has 0 bridgehead atoms. The molecule has 0 atom stereocenters. The number of ether oxygens (including phenoxy) is 2. The summed E-state index contributed by atoms with van der Waals surface area (Å²) in [4.78, 5) is 12.1. The van der Waals surface area contributed by atoms with E-state index in [1.807, 2.05) is 43.3 Å². The van der Waals surface area contributed by atoms with E-state index in [-0.39, 0.29) is 12.5 Å². The van der Waals surface area contributed by atoms with Gasteiger partial charge in [0, 0.05) is 14.7 Å². The third-order valence-electron chi connectivity index (χ3n) is 4.27. The zero-order valence-electron chi connectivity index (χ0n) is 16.8. The molecule has 6 nitrogen and oxygen atoms in total. The molecular formula is C24H20IN3O3. The summed E-state index contributed by atoms with van der Waals surface area (Å²) in [5, 5.41) is 13.3. The SMILES string of the molecule is CCOc1cc(/C=N\NC(=O)c2ccc(I)cc2)ccc1OCc1ccccc1C#N. The number of rotatable bonds is 8. The molecule has 0 aromatic heterocycles. The zero-order chi connectivity index (χ0) is 22.1. The number of nitrogens with one attached hydrogen (secondary N) is 1. The van der Waals surface area contributed by atoms with Crippen molar-refractivity contribution in [3.63, 3.8) is 0 Å². The van der Waals surface area contributed by atoms with Crippen molar-refractivity contribution in [1.82, 2.24) is 5.43 Å². The van der Waals surface area contributed by atoms with Crippen LogP contribution in [0.4, 0.5) is 0 Å². The van der Waals surface area contributed by atoms with Gasteiger partial charge < -0.3 is 9.47 Å². The van der Waals surface area contributed by atoms with Gasteiger partial charge in [-0.05, 0) is 83.6 Å². The van der Waals surface area contributed by atoms with Gasteiger partial charge in [0.15, 0.2) is 11.5 Å². The molecule has 1 amide bonds. The number of nitriles is 1. The topological polar surface area (TPSA) is 83.7 Å². The second-order valence-electron chi connectivity index (χ2n) is 6.40. The third kappa shape index (κ3) is 6.30. The maximum atomic E-state index is 12.1. The highest BCUT2D eigenvalue weighted by atomic mass is 127. The minimum absolute atomic E-state index is 0.253. The number of hydrogen-bond donors (Lipinski definition) is 1. The minimum atomic E-state index is -0.284. The molecule has 0 saturated carbocycles. The molecule has 0 saturated heterocycles. The van der Waals surface area contributed by atoms with Gasteiger partial charge in [0.1, 0.15) is 6.61 Å². The number of benzene rings is 3. The summed E-state index contributed by atoms with van der Waals surface area (Å²) >= 11 is 2.18. The average Bonchev–Trinajstić information content (AvgIpc) is 2.79. The molecule has 0 spiro atoms. The summed E-state index contributed by atoms with van der Waals surface area (Å²) in [6.07, 6.45) is 1.54. The number of halogens is 1. The monoisotopic (exact) mass is 525 g/mol. The van der Waals surface area contributed by atoms with E-state index in [0.29, 0.717) is 29.2 Å². The van der Waals surface area contributed by atoms with E-state index >= 15 is 0 Å². The Morgan fingerprint density at radius 1 is 1.10 bits per heavy atom. The van der Waals surface area contributed by atoms with Crippen molar-refractivity contribution in [1.29, 1.82) is 5.26 Å². The van der Waals surface area contributed by atoms with Crippen LogP contribution in [0.3, 0.4) is 0 Å². The molecule has 0 aliphatic carbocycles. The Balaban J connectivity index is 1.68. The average molecular weight is 525 g/mol. The van der Waals surface area contributed by atoms with Crippen LogP contribution >= 0.6 is 22.6 Å². The first kappa shape index (κ1) is 22.3. The number of hydrazone groups is 1. The van der Waals surface area contributed by atoms with Gasteiger partial charge in [0.25, 0.3) is 5.91 Å². The van der Waals surface area contributed by atoms with Gasteiger partial charge in [-0.1, -0.05) is 18.2 Å². The van der Waals surface area contributed by atoms with E-state index in [4.69, 9.17) is 9.47 Å². The van der Waals surface area contributed by atoms with Crippen molar-refractivity contribution in [3.05, 3.63) is 92.6 Å². The Hall–Kier alpha value is -3.38. The van der Waals surface area contributed by atoms with Crippen molar-refractivity contribution >= 4 is 34.7 Å². The normalized spacial score (nSPS) is 10.5. The number of hydrogen-bond acceptors (Lipinski definition) is 5. The Labute approximate surface area is 194 Å². The molecule has 31 heavy (non-hydrogen) atoms. The lowest BCUT2D eigenvalue weighted by atomic mass is 10.1. The molecular weight excluding hydrogens is 505 g/mol. The van der Waals surface area contributed by atoms with Crippen molar-refractivity contribution in [2.45, 2.75) is 13.5 Å². The van der Waals surface area contributed by atoms with Gasteiger partial charge in [0.05, 0.1) is 24.5 Å². The Morgan fingerprint density at radius 3 is 2.61 bits per heavy atom. The van der Waals surface area contributed by atoms with Crippen molar-refractivity contribution in [2.75, 3.05) is 6.61 Å². The quantitative estimate of drug-likeness (QED) is 0.258. The van der Waals surface area contributed by atoms with E-state index in [2.05, 4.69) is 39.2 Å². The molecule has 156 valence electrons. The first-order valence-electron chi connectivity index (χ1n) is 9.57. The summed E-state index contributed by atoms with van der Waals surface area (Å²) in [6.45, 7) is 2.61. The van der Waals surface area contributed by atoms with Crippen molar-refractivity contribution in [2.24, 2.45) is 5.10 Å². The number of carbonyl (C=O) groups is 1. The smallest absolute Gasteiger partial charge is 0.271 e. The van der Waals surface area contributed by atoms with Crippen LogP contribution in [-0.2, 0) is 6.61 Å². The second kappa shape index (κ2) is 11.1. The minimum Gasteiger partial charge on any atom is -0.490 e. The standard InChI is InChI=1S/C24H20IN3O3/c1-2-30-23-13-17(15-27-28-24(29)18-8-10-21(25)11-9-18)7-12-22(23)31-16-20-6-4-3-5-19(20)14-26/h3-13,15H,2,16H2,1H3,(H,28,29)/b27-15-. The van der Waals surface area contributed by atoms with E-state index in [1.54, 1.807) is 36.5 Å². The zero-order valence-corrected chi connectivity index (χ0v) is 19.0. The molecule has 3 aromatic rings. The Bertz CT molecular complexity index is 1120. The van der Waals surface area contributed by atoms with Crippen LogP contribution in [0.2, 0.25) is 0 Å². The van der Waals surface area contributed by atoms with Crippen molar-refractivity contribution < 1.29 is 14.3 Å². The fraction of sp³-hybridized carbons (Fsp3) is 0.125. The summed E-state index contributed by atoms with van der Waals surface area (Å²) in [5.41, 5.74) is 5.18. The maximum Gasteiger partial charge on any atom is 0.271 e. The molecule has 0 aliphatic heterocycles. The molecule has 0 heterocycles. The van der Waals surface area contributed by atoms with E-state index in [1.165, 1.54) is 0 Å². The lowest BCUT2D eigenvalue weighted by Gasteiger charge is -2.13. The Morgan fingerprint density at radius 2 is 1.87 bits per heavy atom. The lowest BCUT2D eigenvalue weighted by molar-refractivity contribution is 0.0955. The summed E-state index contributed by atoms with van der Waals surface area (Å²) in [6, 6.07) is 22.1. The third-order valence-corrected chi connectivity index (χ3v) is 4.99. The number of amides is 1. The van der Waals surface area contributed by atoms with Crippen LogP contribution in [0.1, 0.15) is 34.0 Å². The largest absolute Gasteiger partial charge is 0.490 e. The molecule has 0 radical (unpaired) electrons. The first-order chi connectivity index (χ1) is 15.1. The predicted octanol–water partition coefficient (Wildman–Crippen LogP) is 4.90. The highest BCUT2D eigenvalue weighted by Gasteiger charge is 2.09. The Kier molecular flexibility index (Phi) is 8.01. The van der Waals surface area contributed by atoms with Crippen LogP contribution in [0.25, 0.3) is 0 Å². The molecule has 0 aliphatic rings. The van der Waals surface area contributed by atoms with E-state index in [9.17, 15) is 10.1 Å². The molecule has 3 aromatic carbocycles. The maximum absolute atomic E-state index is 12.1. The fourth-order valence-electron chi connectivity index (χ4n) is 2.73. The molecule has 0 fully saturated rings. The van der Waals surface area contributed by atoms with Gasteiger partial charge >= 0.3 is 0 Å². The van der Waals surface area contributed by atoms with Crippen LogP contribution in [0.5, 0.6) is 11.5 Å². The number of nitrogens with zero attached hydrogens (tertiary/aromatic N) is 2. The number of carbonyl (C=O) groups excluding carboxylic acids is 1. The highest BCUT2D eigenvalue weighted by Crippen LogP contribution is 2.29. The van der Waals surface area contributed by atoms with Gasteiger partial charge in [-0.25, -0.2) is 5.43 Å². The summed E-state index contributed by atoms with van der Waals surface area (Å²) < 4.78 is 12.6. The van der Waals surface area contributed by atoms with Gasteiger partial charge in [-0.15, -0.1) is 0 Å². The van der Waals surface area contributed by atoms with Crippen LogP contribution in [-0.4, -0.2) is 18.7 Å². The predicted molar refractivity (Wildman–Crippen MR) is 127 cm³/mol. The van der Waals surface area contributed by atoms with Gasteiger partial charge in [-0.2, -0.15) is 10.4 Å². The molecule has 7 heteroatoms. The fourth-order valence-corrected chi connectivity index (χ4v) is 3.09. The van der Waals surface area contributed by atoms with Crippen LogP contribution in [0.15, 0.2) is 71.8 Å². The van der Waals surface area contributed by atoms with E-state index < -0.39 is 0 Å². The van der Waals surface area contributed by atoms with Crippen LogP contribution in [0, 0.1) is 14.9 Å². The first-order valence-corrected chi connectivity index (χ1v) is 10.6. The second-order valence-corrected chi connectivity index (χ2v) is 7.65. The van der Waals surface area contributed by atoms with Crippen molar-refractivity contribution in [3.8, 4) is 17.6 Å². The molecule has 3 rings (SSSR count). The van der Waals surface area contributed by atoms with E-state index in [0.717, 1.165) is 14.7 Å². The van der Waals surface area contributed by atoms with Gasteiger partial charge in [-0.3, -0.25) is 4.79 Å². The molecule has 0 unspecified atom stereocenters. The molecule has 1 N–H and O–H groups in total. The lowest BCUT2D eigenvalue weighted by Crippen LogP contribution is -2.17. The van der Waals surface area contributed by atoms with Gasteiger partial charge in [0.2, 0.25) is 0 Å². The highest BCUT2D eigenvalue weighted by molar-refractivity contribution is 14.1. The summed E-state index contributed by atoms with van der Waals surface area (Å²) in [7, 11) is 0. The summed E-state index contributed by atoms with van der Waals surface area (Å²) in [5.74, 6) is 0.841. The van der Waals surface area contributed by atoms with Crippen LogP contribution < -0.4 is 14.9 Å².